The van der Waals surface area contributed by atoms with Crippen molar-refractivity contribution in [2.24, 2.45) is 5.92 Å². The van der Waals surface area contributed by atoms with Gasteiger partial charge in [0.15, 0.2) is 5.78 Å². The normalized spacial score (nSPS) is 20.2. The van der Waals surface area contributed by atoms with Crippen LogP contribution in [-0.4, -0.2) is 28.7 Å². The van der Waals surface area contributed by atoms with Crippen LogP contribution in [-0.2, 0) is 22.4 Å². The van der Waals surface area contributed by atoms with Crippen LogP contribution in [0.2, 0.25) is 0 Å². The summed E-state index contributed by atoms with van der Waals surface area (Å²) in [5, 5.41) is 0. The quantitative estimate of drug-likeness (QED) is 0.724. The SMILES string of the molecule is C[C@@H](Cc1ccccc1)C(=O)N1[C@H](C(=O)CCc2ccccc2)[C@@H]1C. The van der Waals surface area contributed by atoms with Crippen molar-refractivity contribution in [3.05, 3.63) is 71.8 Å². The summed E-state index contributed by atoms with van der Waals surface area (Å²) in [6.07, 6.45) is 1.95. The van der Waals surface area contributed by atoms with Gasteiger partial charge in [-0.3, -0.25) is 9.59 Å². The zero-order valence-corrected chi connectivity index (χ0v) is 14.9. The highest BCUT2D eigenvalue weighted by atomic mass is 16.2. The molecule has 0 aromatic heterocycles. The summed E-state index contributed by atoms with van der Waals surface area (Å²) in [6.45, 7) is 3.92. The Bertz CT molecular complexity index is 726. The zero-order valence-electron chi connectivity index (χ0n) is 14.9. The average molecular weight is 335 g/mol. The molecule has 1 aliphatic rings. The number of benzene rings is 2. The molecule has 1 amide bonds. The number of amides is 1. The highest BCUT2D eigenvalue weighted by molar-refractivity contribution is 5.95. The van der Waals surface area contributed by atoms with Gasteiger partial charge in [0.25, 0.3) is 0 Å². The minimum Gasteiger partial charge on any atom is -0.325 e. The molecule has 1 saturated heterocycles. The molecule has 1 heterocycles. The number of ketones is 1. The molecule has 0 N–H and O–H groups in total. The maximum atomic E-state index is 12.7. The number of hydrogen-bond acceptors (Lipinski definition) is 2. The molecule has 0 radical (unpaired) electrons. The lowest BCUT2D eigenvalue weighted by Crippen LogP contribution is -2.26. The Morgan fingerprint density at radius 2 is 1.52 bits per heavy atom. The van der Waals surface area contributed by atoms with Gasteiger partial charge in [-0.15, -0.1) is 0 Å². The van der Waals surface area contributed by atoms with E-state index >= 15 is 0 Å². The van der Waals surface area contributed by atoms with Crippen LogP contribution in [0.15, 0.2) is 60.7 Å². The summed E-state index contributed by atoms with van der Waals surface area (Å²) in [5.74, 6) is 0.169. The van der Waals surface area contributed by atoms with Crippen LogP contribution in [0, 0.1) is 5.92 Å². The van der Waals surface area contributed by atoms with Gasteiger partial charge in [0.1, 0.15) is 6.04 Å². The maximum absolute atomic E-state index is 12.7. The Balaban J connectivity index is 1.53. The van der Waals surface area contributed by atoms with Gasteiger partial charge in [-0.2, -0.15) is 0 Å². The van der Waals surface area contributed by atoms with Crippen LogP contribution in [0.3, 0.4) is 0 Å². The van der Waals surface area contributed by atoms with Gasteiger partial charge in [-0.1, -0.05) is 67.6 Å². The third-order valence-corrected chi connectivity index (χ3v) is 5.00. The lowest BCUT2D eigenvalue weighted by molar-refractivity contribution is -0.132. The topological polar surface area (TPSA) is 37.1 Å². The smallest absolute Gasteiger partial charge is 0.226 e. The van der Waals surface area contributed by atoms with Crippen molar-refractivity contribution in [1.29, 1.82) is 0 Å². The van der Waals surface area contributed by atoms with Gasteiger partial charge in [-0.05, 0) is 30.9 Å². The number of Topliss-reactive ketones (excluding diaryl/α,β-unsaturated/α-hetero) is 1. The Morgan fingerprint density at radius 1 is 0.960 bits per heavy atom. The minimum atomic E-state index is -0.227. The van der Waals surface area contributed by atoms with Crippen molar-refractivity contribution < 1.29 is 9.59 Å². The molecule has 130 valence electrons. The van der Waals surface area contributed by atoms with Crippen molar-refractivity contribution in [1.82, 2.24) is 4.90 Å². The molecule has 1 fully saturated rings. The van der Waals surface area contributed by atoms with Crippen molar-refractivity contribution in [3.8, 4) is 0 Å². The van der Waals surface area contributed by atoms with E-state index in [2.05, 4.69) is 0 Å². The molecule has 0 saturated carbocycles. The van der Waals surface area contributed by atoms with Crippen molar-refractivity contribution in [3.63, 3.8) is 0 Å². The summed E-state index contributed by atoms with van der Waals surface area (Å²) >= 11 is 0. The molecule has 0 unspecified atom stereocenters. The molecule has 0 bridgehead atoms. The largest absolute Gasteiger partial charge is 0.325 e. The number of carbonyl (C=O) groups is 2. The Labute approximate surface area is 149 Å². The molecule has 3 heteroatoms. The third kappa shape index (κ3) is 4.16. The van der Waals surface area contributed by atoms with Crippen molar-refractivity contribution >= 4 is 11.7 Å². The van der Waals surface area contributed by atoms with Crippen LogP contribution >= 0.6 is 0 Å². The third-order valence-electron chi connectivity index (χ3n) is 5.00. The van der Waals surface area contributed by atoms with E-state index in [-0.39, 0.29) is 29.7 Å². The van der Waals surface area contributed by atoms with E-state index in [0.29, 0.717) is 12.8 Å². The number of hydrogen-bond donors (Lipinski definition) is 0. The maximum Gasteiger partial charge on any atom is 0.226 e. The fourth-order valence-corrected chi connectivity index (χ4v) is 3.48. The van der Waals surface area contributed by atoms with Gasteiger partial charge in [0.05, 0.1) is 6.04 Å². The van der Waals surface area contributed by atoms with Gasteiger partial charge in [0.2, 0.25) is 5.91 Å². The highest BCUT2D eigenvalue weighted by Crippen LogP contribution is 2.32. The molecular weight excluding hydrogens is 310 g/mol. The number of carbonyl (C=O) groups excluding carboxylic acids is 2. The van der Waals surface area contributed by atoms with E-state index < -0.39 is 0 Å². The predicted molar refractivity (Wildman–Crippen MR) is 99.2 cm³/mol. The second-order valence-corrected chi connectivity index (χ2v) is 6.97. The van der Waals surface area contributed by atoms with Crippen LogP contribution in [0.5, 0.6) is 0 Å². The number of rotatable bonds is 7. The molecule has 25 heavy (non-hydrogen) atoms. The summed E-state index contributed by atoms with van der Waals surface area (Å²) in [7, 11) is 0. The second kappa shape index (κ2) is 7.64. The molecular formula is C22H25NO2. The summed E-state index contributed by atoms with van der Waals surface area (Å²) in [4.78, 5) is 26.9. The van der Waals surface area contributed by atoms with Crippen LogP contribution in [0.25, 0.3) is 0 Å². The molecule has 0 aliphatic carbocycles. The van der Waals surface area contributed by atoms with E-state index in [4.69, 9.17) is 0 Å². The Morgan fingerprint density at radius 3 is 2.12 bits per heavy atom. The predicted octanol–water partition coefficient (Wildman–Crippen LogP) is 3.67. The van der Waals surface area contributed by atoms with E-state index in [1.807, 2.05) is 74.5 Å². The van der Waals surface area contributed by atoms with E-state index in [0.717, 1.165) is 12.0 Å². The molecule has 3 atom stereocenters. The summed E-state index contributed by atoms with van der Waals surface area (Å²) < 4.78 is 0. The molecule has 1 aliphatic heterocycles. The first-order chi connectivity index (χ1) is 12.1. The lowest BCUT2D eigenvalue weighted by Gasteiger charge is -2.12. The van der Waals surface area contributed by atoms with Gasteiger partial charge >= 0.3 is 0 Å². The van der Waals surface area contributed by atoms with E-state index in [1.54, 1.807) is 4.90 Å². The van der Waals surface area contributed by atoms with E-state index in [1.165, 1.54) is 5.56 Å². The fourth-order valence-electron chi connectivity index (χ4n) is 3.48. The van der Waals surface area contributed by atoms with Crippen LogP contribution in [0.1, 0.15) is 31.4 Å². The van der Waals surface area contributed by atoms with Gasteiger partial charge in [0, 0.05) is 12.3 Å². The van der Waals surface area contributed by atoms with Gasteiger partial charge in [-0.25, -0.2) is 0 Å². The molecule has 3 nitrogen and oxygen atoms in total. The van der Waals surface area contributed by atoms with Crippen molar-refractivity contribution in [2.45, 2.75) is 45.2 Å². The molecule has 0 spiro atoms. The minimum absolute atomic E-state index is 0.0361. The fraction of sp³-hybridized carbons (Fsp3) is 0.364. The first-order valence-electron chi connectivity index (χ1n) is 9.00. The first-order valence-corrected chi connectivity index (χ1v) is 9.00. The first kappa shape index (κ1) is 17.4. The van der Waals surface area contributed by atoms with Gasteiger partial charge < -0.3 is 4.90 Å². The molecule has 2 aromatic rings. The highest BCUT2D eigenvalue weighted by Gasteiger charge is 2.52. The molecule has 2 aromatic carbocycles. The van der Waals surface area contributed by atoms with Crippen molar-refractivity contribution in [2.75, 3.05) is 0 Å². The Kier molecular flexibility index (Phi) is 5.32. The molecule has 3 rings (SSSR count). The van der Waals surface area contributed by atoms with E-state index in [9.17, 15) is 9.59 Å². The zero-order chi connectivity index (χ0) is 17.8. The second-order valence-electron chi connectivity index (χ2n) is 6.97. The average Bonchev–Trinajstić information content (AvgIpc) is 3.31. The summed E-state index contributed by atoms with van der Waals surface area (Å²) in [5.41, 5.74) is 2.32. The summed E-state index contributed by atoms with van der Waals surface area (Å²) in [6, 6.07) is 19.9. The monoisotopic (exact) mass is 335 g/mol. The Hall–Kier alpha value is -2.42. The van der Waals surface area contributed by atoms with Crippen LogP contribution in [0.4, 0.5) is 0 Å². The standard InChI is InChI=1S/C22H25NO2/c1-16(15-19-11-7-4-8-12-19)22(25)23-17(2)21(23)20(24)14-13-18-9-5-3-6-10-18/h3-12,16-17,21H,13-15H2,1-2H3/t16-,17-,21-,23?/m0/s1. The lowest BCUT2D eigenvalue weighted by atomic mass is 10.0. The van der Waals surface area contributed by atoms with Crippen LogP contribution < -0.4 is 0 Å². The number of nitrogens with zero attached hydrogens (tertiary/aromatic N) is 1. The number of aryl methyl sites for hydroxylation is 1.